The summed E-state index contributed by atoms with van der Waals surface area (Å²) in [5.41, 5.74) is 3.43. The van der Waals surface area contributed by atoms with Crippen LogP contribution in [0, 0.1) is 5.82 Å². The van der Waals surface area contributed by atoms with Gasteiger partial charge in [0.05, 0.1) is 17.6 Å². The fourth-order valence-corrected chi connectivity index (χ4v) is 2.91. The number of carbonyl (C=O) groups is 1. The number of aromatic nitrogens is 3. The summed E-state index contributed by atoms with van der Waals surface area (Å²) in [7, 11) is 0. The first-order valence-corrected chi connectivity index (χ1v) is 8.24. The van der Waals surface area contributed by atoms with Crippen LogP contribution >= 0.6 is 0 Å². The number of nitrogens with zero attached hydrogens (tertiary/aromatic N) is 4. The van der Waals surface area contributed by atoms with Crippen LogP contribution in [0.4, 0.5) is 10.1 Å². The molecule has 0 saturated heterocycles. The fourth-order valence-electron chi connectivity index (χ4n) is 2.91. The largest absolute Gasteiger partial charge is 0.293 e. The number of hydrogen-bond acceptors (Lipinski definition) is 4. The zero-order valence-corrected chi connectivity index (χ0v) is 14.9. The smallest absolute Gasteiger partial charge is 0.179 e. The van der Waals surface area contributed by atoms with Crippen LogP contribution in [0.5, 0.6) is 0 Å². The molecule has 132 valence electrons. The average Bonchev–Trinajstić information content (AvgIpc) is 3.05. The van der Waals surface area contributed by atoms with Crippen molar-refractivity contribution in [3.8, 4) is 0 Å². The van der Waals surface area contributed by atoms with Crippen molar-refractivity contribution >= 4 is 29.9 Å². The van der Waals surface area contributed by atoms with Crippen LogP contribution < -0.4 is 0 Å². The molecular weight excluding hydrogens is 331 g/mol. The first-order valence-electron chi connectivity index (χ1n) is 8.24. The summed E-state index contributed by atoms with van der Waals surface area (Å²) in [5.74, 6) is -0.824. The molecule has 1 aromatic carbocycles. The van der Waals surface area contributed by atoms with E-state index in [0.717, 1.165) is 5.56 Å². The van der Waals surface area contributed by atoms with Crippen molar-refractivity contribution in [2.45, 2.75) is 26.7 Å². The van der Waals surface area contributed by atoms with Crippen LogP contribution in [0.2, 0.25) is 0 Å². The summed E-state index contributed by atoms with van der Waals surface area (Å²) < 4.78 is 16.3. The Bertz CT molecular complexity index is 1040. The number of hydrogen-bond donors (Lipinski definition) is 0. The van der Waals surface area contributed by atoms with Crippen molar-refractivity contribution in [3.63, 3.8) is 0 Å². The summed E-state index contributed by atoms with van der Waals surface area (Å²) in [6.45, 7) is 8.72. The number of ketones is 1. The molecule has 1 atom stereocenters. The molecule has 3 aromatic rings. The maximum atomic E-state index is 14.7. The zero-order chi connectivity index (χ0) is 18.8. The first kappa shape index (κ1) is 17.7. The molecule has 0 aliphatic heterocycles. The summed E-state index contributed by atoms with van der Waals surface area (Å²) in [6, 6.07) is 6.50. The lowest BCUT2D eigenvalue weighted by atomic mass is 9.95. The van der Waals surface area contributed by atoms with Crippen molar-refractivity contribution in [1.82, 2.24) is 14.6 Å². The molecule has 0 saturated carbocycles. The van der Waals surface area contributed by atoms with E-state index in [1.807, 2.05) is 26.0 Å². The SMILES string of the molecule is C=Nc1cc(F)c(C(C)c2cnc3ccc(C(C)=O)nn23)cc1/C=C\C. The quantitative estimate of drug-likeness (QED) is 0.499. The Morgan fingerprint density at radius 1 is 1.38 bits per heavy atom. The van der Waals surface area contributed by atoms with Gasteiger partial charge in [-0.1, -0.05) is 19.1 Å². The van der Waals surface area contributed by atoms with E-state index < -0.39 is 0 Å². The Morgan fingerprint density at radius 3 is 2.81 bits per heavy atom. The molecule has 3 rings (SSSR count). The van der Waals surface area contributed by atoms with E-state index in [9.17, 15) is 9.18 Å². The van der Waals surface area contributed by atoms with Gasteiger partial charge < -0.3 is 0 Å². The summed E-state index contributed by atoms with van der Waals surface area (Å²) >= 11 is 0. The minimum absolute atomic E-state index is 0.137. The van der Waals surface area contributed by atoms with Crippen molar-refractivity contribution in [3.05, 3.63) is 64.9 Å². The molecule has 0 bridgehead atoms. The van der Waals surface area contributed by atoms with E-state index in [4.69, 9.17) is 0 Å². The van der Waals surface area contributed by atoms with E-state index in [0.29, 0.717) is 28.3 Å². The number of aliphatic imine (C=N–C) groups is 1. The highest BCUT2D eigenvalue weighted by Gasteiger charge is 2.20. The van der Waals surface area contributed by atoms with Crippen LogP contribution in [0.3, 0.4) is 0 Å². The third-order valence-corrected chi connectivity index (χ3v) is 4.32. The second-order valence-corrected chi connectivity index (χ2v) is 6.04. The van der Waals surface area contributed by atoms with Crippen LogP contribution in [0.1, 0.15) is 54.0 Å². The summed E-state index contributed by atoms with van der Waals surface area (Å²) in [6.07, 6.45) is 5.39. The van der Waals surface area contributed by atoms with E-state index in [1.54, 1.807) is 28.9 Å². The Balaban J connectivity index is 2.15. The van der Waals surface area contributed by atoms with Crippen molar-refractivity contribution in [2.24, 2.45) is 4.99 Å². The molecule has 0 N–H and O–H groups in total. The van der Waals surface area contributed by atoms with E-state index in [2.05, 4.69) is 21.8 Å². The molecule has 6 heteroatoms. The zero-order valence-electron chi connectivity index (χ0n) is 14.9. The maximum absolute atomic E-state index is 14.7. The predicted octanol–water partition coefficient (Wildman–Crippen LogP) is 4.59. The summed E-state index contributed by atoms with van der Waals surface area (Å²) in [5, 5.41) is 4.34. The fraction of sp³-hybridized carbons (Fsp3) is 0.200. The van der Waals surface area contributed by atoms with Gasteiger partial charge in [-0.15, -0.1) is 0 Å². The monoisotopic (exact) mass is 350 g/mol. The number of rotatable bonds is 5. The molecule has 2 heterocycles. The van der Waals surface area contributed by atoms with E-state index in [1.165, 1.54) is 13.0 Å². The first-order chi connectivity index (χ1) is 12.5. The second-order valence-electron chi connectivity index (χ2n) is 6.04. The van der Waals surface area contributed by atoms with Gasteiger partial charge in [0.25, 0.3) is 0 Å². The standard InChI is InChI=1S/C20H19FN4O/c1-5-6-14-9-15(16(21)10-18(14)22-4)12(2)19-11-23-20-8-7-17(13(3)26)24-25(19)20/h5-12H,4H2,1-3H3/b6-5-. The molecule has 0 aliphatic carbocycles. The third kappa shape index (κ3) is 3.06. The summed E-state index contributed by atoms with van der Waals surface area (Å²) in [4.78, 5) is 19.8. The lowest BCUT2D eigenvalue weighted by molar-refractivity contribution is 0.101. The van der Waals surface area contributed by atoms with Crippen molar-refractivity contribution < 1.29 is 9.18 Å². The van der Waals surface area contributed by atoms with Gasteiger partial charge in [-0.3, -0.25) is 9.79 Å². The van der Waals surface area contributed by atoms with Gasteiger partial charge in [0, 0.05) is 24.5 Å². The molecule has 26 heavy (non-hydrogen) atoms. The lowest BCUT2D eigenvalue weighted by Gasteiger charge is -2.14. The van der Waals surface area contributed by atoms with Gasteiger partial charge >= 0.3 is 0 Å². The third-order valence-electron chi connectivity index (χ3n) is 4.32. The number of fused-ring (bicyclic) bond motifs is 1. The number of imidazole rings is 1. The number of Topliss-reactive ketones (excluding diaryl/α,β-unsaturated/α-hetero) is 1. The normalized spacial score (nSPS) is 12.6. The Kier molecular flexibility index (Phi) is 4.75. The number of halogens is 1. The van der Waals surface area contributed by atoms with Gasteiger partial charge in [-0.2, -0.15) is 5.10 Å². The highest BCUT2D eigenvalue weighted by molar-refractivity contribution is 5.92. The van der Waals surface area contributed by atoms with Crippen LogP contribution in [-0.4, -0.2) is 27.1 Å². The maximum Gasteiger partial charge on any atom is 0.179 e. The van der Waals surface area contributed by atoms with E-state index in [-0.39, 0.29) is 17.5 Å². The van der Waals surface area contributed by atoms with Gasteiger partial charge in [-0.25, -0.2) is 13.9 Å². The molecular formula is C20H19FN4O. The highest BCUT2D eigenvalue weighted by Crippen LogP contribution is 2.32. The Morgan fingerprint density at radius 2 is 2.15 bits per heavy atom. The molecule has 0 radical (unpaired) electrons. The van der Waals surface area contributed by atoms with Gasteiger partial charge in [-0.05, 0) is 37.4 Å². The van der Waals surface area contributed by atoms with Crippen LogP contribution in [0.15, 0.2) is 41.5 Å². The Labute approximate surface area is 150 Å². The lowest BCUT2D eigenvalue weighted by Crippen LogP contribution is -2.08. The second kappa shape index (κ2) is 7.00. The molecule has 5 nitrogen and oxygen atoms in total. The van der Waals surface area contributed by atoms with Gasteiger partial charge in [0.15, 0.2) is 11.4 Å². The molecule has 1 unspecified atom stereocenters. The molecule has 0 fully saturated rings. The van der Waals surface area contributed by atoms with Gasteiger partial charge in [0.1, 0.15) is 11.5 Å². The van der Waals surface area contributed by atoms with Gasteiger partial charge in [0.2, 0.25) is 0 Å². The Hall–Kier alpha value is -3.15. The molecule has 0 spiro atoms. The van der Waals surface area contributed by atoms with Crippen molar-refractivity contribution in [2.75, 3.05) is 0 Å². The molecule has 0 amide bonds. The van der Waals surface area contributed by atoms with E-state index >= 15 is 0 Å². The number of allylic oxidation sites excluding steroid dienone is 1. The average molecular weight is 350 g/mol. The number of benzene rings is 1. The van der Waals surface area contributed by atoms with Crippen LogP contribution in [0.25, 0.3) is 11.7 Å². The highest BCUT2D eigenvalue weighted by atomic mass is 19.1. The van der Waals surface area contributed by atoms with Crippen molar-refractivity contribution in [1.29, 1.82) is 0 Å². The van der Waals surface area contributed by atoms with Crippen LogP contribution in [-0.2, 0) is 0 Å². The molecule has 2 aromatic heterocycles. The minimum atomic E-state index is -0.370. The minimum Gasteiger partial charge on any atom is -0.293 e. The number of carbonyl (C=O) groups excluding carboxylic acids is 1. The molecule has 0 aliphatic rings. The topological polar surface area (TPSA) is 59.6 Å². The predicted molar refractivity (Wildman–Crippen MR) is 101 cm³/mol.